The fourth-order valence-electron chi connectivity index (χ4n) is 3.54. The van der Waals surface area contributed by atoms with Crippen molar-refractivity contribution in [1.29, 1.82) is 0 Å². The first-order valence-electron chi connectivity index (χ1n) is 9.42. The summed E-state index contributed by atoms with van der Waals surface area (Å²) in [6.07, 6.45) is 8.67. The van der Waals surface area contributed by atoms with Crippen LogP contribution in [0.4, 0.5) is 14.6 Å². The van der Waals surface area contributed by atoms with Crippen molar-refractivity contribution in [2.45, 2.75) is 44.7 Å². The minimum absolute atomic E-state index is 0.182. The van der Waals surface area contributed by atoms with Gasteiger partial charge in [0.1, 0.15) is 23.0 Å². The summed E-state index contributed by atoms with van der Waals surface area (Å²) in [5.74, 6) is -0.946. The lowest BCUT2D eigenvalue weighted by molar-refractivity contribution is 0.0929. The zero-order valence-corrected chi connectivity index (χ0v) is 15.3. The molecule has 4 rings (SSSR count). The van der Waals surface area contributed by atoms with Crippen molar-refractivity contribution in [1.82, 2.24) is 19.9 Å². The lowest BCUT2D eigenvalue weighted by Crippen LogP contribution is -2.36. The summed E-state index contributed by atoms with van der Waals surface area (Å²) in [5.41, 5.74) is 1.30. The van der Waals surface area contributed by atoms with Crippen LogP contribution in [0.15, 0.2) is 36.7 Å². The SMILES string of the molecule is O=C(NC1CCCCC1)c1cnn2ccc(NCc3cc(F)cc(F)c3)nc12. The molecule has 3 aromatic rings. The predicted octanol–water partition coefficient (Wildman–Crippen LogP) is 3.68. The maximum Gasteiger partial charge on any atom is 0.256 e. The Morgan fingerprint density at radius 2 is 1.89 bits per heavy atom. The molecular weight excluding hydrogens is 364 g/mol. The second-order valence-corrected chi connectivity index (χ2v) is 7.08. The number of fused-ring (bicyclic) bond motifs is 1. The van der Waals surface area contributed by atoms with Gasteiger partial charge in [0.2, 0.25) is 0 Å². The van der Waals surface area contributed by atoms with Gasteiger partial charge < -0.3 is 10.6 Å². The van der Waals surface area contributed by atoms with Gasteiger partial charge in [-0.1, -0.05) is 19.3 Å². The molecule has 1 saturated carbocycles. The lowest BCUT2D eigenvalue weighted by Gasteiger charge is -2.22. The molecule has 0 saturated heterocycles. The highest BCUT2D eigenvalue weighted by Crippen LogP contribution is 2.19. The van der Waals surface area contributed by atoms with Crippen molar-refractivity contribution in [3.63, 3.8) is 0 Å². The van der Waals surface area contributed by atoms with E-state index in [1.807, 2.05) is 0 Å². The van der Waals surface area contributed by atoms with Gasteiger partial charge >= 0.3 is 0 Å². The highest BCUT2D eigenvalue weighted by molar-refractivity contribution is 5.99. The molecule has 1 fully saturated rings. The van der Waals surface area contributed by atoms with Gasteiger partial charge in [0.25, 0.3) is 5.91 Å². The van der Waals surface area contributed by atoms with Gasteiger partial charge in [-0.2, -0.15) is 5.10 Å². The fourth-order valence-corrected chi connectivity index (χ4v) is 3.54. The average Bonchev–Trinajstić information content (AvgIpc) is 3.10. The Kier molecular flexibility index (Phi) is 5.18. The van der Waals surface area contributed by atoms with Crippen molar-refractivity contribution in [3.05, 3.63) is 59.4 Å². The summed E-state index contributed by atoms with van der Waals surface area (Å²) in [6, 6.07) is 5.24. The third-order valence-corrected chi connectivity index (χ3v) is 4.95. The highest BCUT2D eigenvalue weighted by Gasteiger charge is 2.20. The van der Waals surface area contributed by atoms with Gasteiger partial charge in [-0.15, -0.1) is 0 Å². The molecule has 1 aromatic carbocycles. The Morgan fingerprint density at radius 3 is 2.64 bits per heavy atom. The second kappa shape index (κ2) is 7.92. The minimum Gasteiger partial charge on any atom is -0.366 e. The number of nitrogens with zero attached hydrogens (tertiary/aromatic N) is 3. The summed E-state index contributed by atoms with van der Waals surface area (Å²) >= 11 is 0. The van der Waals surface area contributed by atoms with E-state index in [1.54, 1.807) is 12.3 Å². The molecule has 0 aliphatic heterocycles. The number of hydrogen-bond acceptors (Lipinski definition) is 4. The molecule has 2 heterocycles. The molecule has 8 heteroatoms. The topological polar surface area (TPSA) is 71.3 Å². The molecule has 1 aliphatic carbocycles. The molecule has 1 amide bonds. The first kappa shape index (κ1) is 18.3. The number of carbonyl (C=O) groups is 1. The Labute approximate surface area is 161 Å². The summed E-state index contributed by atoms with van der Waals surface area (Å²) in [5, 5.41) is 10.3. The van der Waals surface area contributed by atoms with Crippen molar-refractivity contribution in [2.75, 3.05) is 5.32 Å². The van der Waals surface area contributed by atoms with Crippen molar-refractivity contribution >= 4 is 17.4 Å². The quantitative estimate of drug-likeness (QED) is 0.703. The molecule has 2 aromatic heterocycles. The van der Waals surface area contributed by atoms with Crippen molar-refractivity contribution < 1.29 is 13.6 Å². The van der Waals surface area contributed by atoms with Gasteiger partial charge in [-0.05, 0) is 36.6 Å². The van der Waals surface area contributed by atoms with Crippen LogP contribution in [0.5, 0.6) is 0 Å². The van der Waals surface area contributed by atoms with E-state index in [-0.39, 0.29) is 18.5 Å². The third kappa shape index (κ3) is 4.11. The lowest BCUT2D eigenvalue weighted by atomic mass is 9.95. The van der Waals surface area contributed by atoms with Gasteiger partial charge in [0, 0.05) is 24.8 Å². The Bertz CT molecular complexity index is 977. The number of hydrogen-bond donors (Lipinski definition) is 2. The average molecular weight is 385 g/mol. The van der Waals surface area contributed by atoms with Crippen LogP contribution in [-0.2, 0) is 6.54 Å². The van der Waals surface area contributed by atoms with E-state index in [2.05, 4.69) is 20.7 Å². The largest absolute Gasteiger partial charge is 0.366 e. The highest BCUT2D eigenvalue weighted by atomic mass is 19.1. The summed E-state index contributed by atoms with van der Waals surface area (Å²) < 4.78 is 28.2. The minimum atomic E-state index is -0.627. The molecule has 6 nitrogen and oxygen atoms in total. The molecule has 146 valence electrons. The van der Waals surface area contributed by atoms with E-state index in [0.717, 1.165) is 31.7 Å². The predicted molar refractivity (Wildman–Crippen MR) is 101 cm³/mol. The van der Waals surface area contributed by atoms with E-state index in [9.17, 15) is 13.6 Å². The standard InChI is InChI=1S/C20H21F2N5O/c21-14-8-13(9-15(22)10-14)11-23-18-6-7-27-19(26-18)17(12-24-27)20(28)25-16-4-2-1-3-5-16/h6-10,12,16H,1-5,11H2,(H,23,26)(H,25,28). The van der Waals surface area contributed by atoms with E-state index >= 15 is 0 Å². The number of nitrogens with one attached hydrogen (secondary N) is 2. The van der Waals surface area contributed by atoms with Crippen molar-refractivity contribution in [3.8, 4) is 0 Å². The zero-order chi connectivity index (χ0) is 19.5. The van der Waals surface area contributed by atoms with Crippen LogP contribution in [0.25, 0.3) is 5.65 Å². The third-order valence-electron chi connectivity index (χ3n) is 4.95. The molecule has 0 spiro atoms. The van der Waals surface area contributed by atoms with Crippen LogP contribution < -0.4 is 10.6 Å². The number of amides is 1. The molecule has 0 radical (unpaired) electrons. The molecule has 2 N–H and O–H groups in total. The number of rotatable bonds is 5. The van der Waals surface area contributed by atoms with Crippen LogP contribution in [0.3, 0.4) is 0 Å². The van der Waals surface area contributed by atoms with Crippen LogP contribution in [0.2, 0.25) is 0 Å². The van der Waals surface area contributed by atoms with Crippen LogP contribution in [0, 0.1) is 11.6 Å². The smallest absolute Gasteiger partial charge is 0.256 e. The molecular formula is C20H21F2N5O. The Balaban J connectivity index is 1.49. The molecule has 0 unspecified atom stereocenters. The van der Waals surface area contributed by atoms with Crippen LogP contribution in [-0.4, -0.2) is 26.5 Å². The number of halogens is 2. The van der Waals surface area contributed by atoms with E-state index in [1.165, 1.54) is 29.3 Å². The van der Waals surface area contributed by atoms with Crippen molar-refractivity contribution in [2.24, 2.45) is 0 Å². The normalized spacial score (nSPS) is 14.9. The number of aromatic nitrogens is 3. The number of carbonyl (C=O) groups excluding carboxylic acids is 1. The summed E-state index contributed by atoms with van der Waals surface area (Å²) in [7, 11) is 0. The molecule has 0 bridgehead atoms. The van der Waals surface area contributed by atoms with Gasteiger partial charge in [0.15, 0.2) is 5.65 Å². The van der Waals surface area contributed by atoms with E-state index in [4.69, 9.17) is 0 Å². The van der Waals surface area contributed by atoms with Crippen LogP contribution in [0.1, 0.15) is 48.0 Å². The molecule has 28 heavy (non-hydrogen) atoms. The summed E-state index contributed by atoms with van der Waals surface area (Å²) in [4.78, 5) is 17.1. The maximum atomic E-state index is 13.3. The van der Waals surface area contributed by atoms with E-state index in [0.29, 0.717) is 22.6 Å². The second-order valence-electron chi connectivity index (χ2n) is 7.08. The fraction of sp³-hybridized carbons (Fsp3) is 0.350. The maximum absolute atomic E-state index is 13.3. The molecule has 1 aliphatic rings. The first-order valence-corrected chi connectivity index (χ1v) is 9.42. The van der Waals surface area contributed by atoms with Gasteiger partial charge in [-0.3, -0.25) is 4.79 Å². The van der Waals surface area contributed by atoms with Gasteiger partial charge in [-0.25, -0.2) is 18.3 Å². The van der Waals surface area contributed by atoms with E-state index < -0.39 is 11.6 Å². The Hall–Kier alpha value is -3.03. The van der Waals surface area contributed by atoms with Gasteiger partial charge in [0.05, 0.1) is 6.20 Å². The zero-order valence-electron chi connectivity index (χ0n) is 15.3. The molecule has 0 atom stereocenters. The number of anilines is 1. The summed E-state index contributed by atoms with van der Waals surface area (Å²) in [6.45, 7) is 0.204. The monoisotopic (exact) mass is 385 g/mol. The Morgan fingerprint density at radius 1 is 1.14 bits per heavy atom. The first-order chi connectivity index (χ1) is 13.6. The number of benzene rings is 1. The van der Waals surface area contributed by atoms with Crippen LogP contribution >= 0.6 is 0 Å².